The Morgan fingerprint density at radius 2 is 1.67 bits per heavy atom. The molecule has 0 heterocycles. The van der Waals surface area contributed by atoms with Gasteiger partial charge in [0.05, 0.1) is 13.8 Å². The van der Waals surface area contributed by atoms with Gasteiger partial charge in [-0.05, 0) is 44.0 Å². The van der Waals surface area contributed by atoms with Crippen LogP contribution in [0.25, 0.3) is 0 Å². The number of rotatable bonds is 4. The molecule has 1 rings (SSSR count). The third-order valence-corrected chi connectivity index (χ3v) is 5.41. The Morgan fingerprint density at radius 1 is 1.13 bits per heavy atom. The zero-order valence-electron chi connectivity index (χ0n) is 7.44. The van der Waals surface area contributed by atoms with Crippen LogP contribution in [0.1, 0.15) is 0 Å². The Kier molecular flexibility index (Phi) is 6.75. The molecule has 0 aliphatic carbocycles. The second kappa shape index (κ2) is 6.99. The molecule has 0 amide bonds. The molecule has 0 spiro atoms. The van der Waals surface area contributed by atoms with Crippen LogP contribution in [0.3, 0.4) is 0 Å². The van der Waals surface area contributed by atoms with Gasteiger partial charge in [0, 0.05) is 9.80 Å². The van der Waals surface area contributed by atoms with Gasteiger partial charge in [0.15, 0.2) is 0 Å². The molecular formula is C9H7Br5O. The lowest BCUT2D eigenvalue weighted by atomic mass is 10.3. The molecule has 0 bridgehead atoms. The largest absolute Gasteiger partial charge is 0.490 e. The van der Waals surface area contributed by atoms with Crippen molar-refractivity contribution in [2.75, 3.05) is 11.9 Å². The van der Waals surface area contributed by atoms with Crippen LogP contribution in [0.2, 0.25) is 0 Å². The number of ether oxygens (including phenoxy) is 1. The minimum absolute atomic E-state index is 0.306. The van der Waals surface area contributed by atoms with E-state index in [0.717, 1.165) is 24.5 Å². The van der Waals surface area contributed by atoms with E-state index in [2.05, 4.69) is 79.6 Å². The number of hydrogen-bond donors (Lipinski definition) is 0. The van der Waals surface area contributed by atoms with Gasteiger partial charge in [-0.25, -0.2) is 0 Å². The first kappa shape index (κ1) is 14.5. The van der Waals surface area contributed by atoms with Gasteiger partial charge in [0.25, 0.3) is 0 Å². The molecule has 0 saturated carbocycles. The van der Waals surface area contributed by atoms with Crippen molar-refractivity contribution in [3.63, 3.8) is 0 Å². The average Bonchev–Trinajstić information content (AvgIpc) is 2.15. The molecule has 0 radical (unpaired) electrons. The van der Waals surface area contributed by atoms with E-state index in [1.54, 1.807) is 0 Å². The summed E-state index contributed by atoms with van der Waals surface area (Å²) in [5.41, 5.74) is 0. The summed E-state index contributed by atoms with van der Waals surface area (Å²) in [5.74, 6) is 0.823. The number of alkyl halides is 2. The standard InChI is InChI=1S/C9H7Br5O/c10-3-6(12)4-15-9-7(13)1-5(11)2-8(9)14/h1-2,6H,3-4H2/t6-/m1/s1. The molecule has 0 aliphatic rings. The van der Waals surface area contributed by atoms with Crippen LogP contribution < -0.4 is 4.74 Å². The molecule has 0 fully saturated rings. The predicted octanol–water partition coefficient (Wildman–Crippen LogP) is 5.51. The highest BCUT2D eigenvalue weighted by Gasteiger charge is 2.10. The van der Waals surface area contributed by atoms with Crippen LogP contribution in [-0.4, -0.2) is 16.8 Å². The molecule has 1 atom stereocenters. The van der Waals surface area contributed by atoms with Crippen molar-refractivity contribution in [3.05, 3.63) is 25.6 Å². The molecule has 1 aromatic rings. The Bertz CT molecular complexity index is 318. The minimum Gasteiger partial charge on any atom is -0.490 e. The maximum Gasteiger partial charge on any atom is 0.147 e. The topological polar surface area (TPSA) is 9.23 Å². The van der Waals surface area contributed by atoms with Crippen molar-refractivity contribution in [1.29, 1.82) is 0 Å². The van der Waals surface area contributed by atoms with Crippen molar-refractivity contribution in [1.82, 2.24) is 0 Å². The third kappa shape index (κ3) is 4.66. The summed E-state index contributed by atoms with van der Waals surface area (Å²) in [7, 11) is 0. The van der Waals surface area contributed by atoms with Gasteiger partial charge in [-0.3, -0.25) is 0 Å². The number of benzene rings is 1. The van der Waals surface area contributed by atoms with E-state index < -0.39 is 0 Å². The SMILES string of the molecule is BrC[C@@H](Br)COc1c(Br)cc(Br)cc1Br. The van der Waals surface area contributed by atoms with Crippen molar-refractivity contribution in [3.8, 4) is 5.75 Å². The second-order valence-corrected chi connectivity index (χ2v) is 7.33. The van der Waals surface area contributed by atoms with Gasteiger partial charge in [-0.1, -0.05) is 47.8 Å². The Morgan fingerprint density at radius 3 is 2.13 bits per heavy atom. The van der Waals surface area contributed by atoms with E-state index in [9.17, 15) is 0 Å². The van der Waals surface area contributed by atoms with E-state index in [1.807, 2.05) is 12.1 Å². The smallest absolute Gasteiger partial charge is 0.147 e. The lowest BCUT2D eigenvalue weighted by Crippen LogP contribution is -2.12. The maximum absolute atomic E-state index is 5.68. The van der Waals surface area contributed by atoms with Crippen LogP contribution in [0.4, 0.5) is 0 Å². The van der Waals surface area contributed by atoms with Gasteiger partial charge in [0.2, 0.25) is 0 Å². The van der Waals surface area contributed by atoms with Gasteiger partial charge >= 0.3 is 0 Å². The van der Waals surface area contributed by atoms with Crippen molar-refractivity contribution >= 4 is 79.6 Å². The van der Waals surface area contributed by atoms with Crippen LogP contribution >= 0.6 is 79.6 Å². The van der Waals surface area contributed by atoms with Crippen molar-refractivity contribution < 1.29 is 4.74 Å². The van der Waals surface area contributed by atoms with Crippen LogP contribution in [0.15, 0.2) is 25.6 Å². The van der Waals surface area contributed by atoms with Gasteiger partial charge in [-0.15, -0.1) is 0 Å². The van der Waals surface area contributed by atoms with Gasteiger partial charge < -0.3 is 4.74 Å². The van der Waals surface area contributed by atoms with Crippen molar-refractivity contribution in [2.24, 2.45) is 0 Å². The third-order valence-electron chi connectivity index (χ3n) is 1.54. The molecule has 0 aliphatic heterocycles. The number of hydrogen-bond acceptors (Lipinski definition) is 1. The Hall–Kier alpha value is 1.42. The Labute approximate surface area is 131 Å². The molecule has 15 heavy (non-hydrogen) atoms. The Balaban J connectivity index is 2.77. The fraction of sp³-hybridized carbons (Fsp3) is 0.333. The zero-order valence-corrected chi connectivity index (χ0v) is 15.4. The summed E-state index contributed by atoms with van der Waals surface area (Å²) < 4.78 is 8.55. The molecule has 1 nitrogen and oxygen atoms in total. The normalized spacial score (nSPS) is 12.6. The van der Waals surface area contributed by atoms with Crippen LogP contribution in [-0.2, 0) is 0 Å². The summed E-state index contributed by atoms with van der Waals surface area (Å²) in [6.07, 6.45) is 0. The molecule has 0 N–H and O–H groups in total. The van der Waals surface area contributed by atoms with E-state index in [0.29, 0.717) is 11.4 Å². The lowest BCUT2D eigenvalue weighted by molar-refractivity contribution is 0.321. The number of halogens is 5. The first-order chi connectivity index (χ1) is 7.04. The highest BCUT2D eigenvalue weighted by Crippen LogP contribution is 2.36. The lowest BCUT2D eigenvalue weighted by Gasteiger charge is -2.12. The van der Waals surface area contributed by atoms with Crippen LogP contribution in [0, 0.1) is 0 Å². The second-order valence-electron chi connectivity index (χ2n) is 2.76. The van der Waals surface area contributed by atoms with E-state index in [1.165, 1.54) is 0 Å². The highest BCUT2D eigenvalue weighted by molar-refractivity contribution is 9.12. The first-order valence-electron chi connectivity index (χ1n) is 4.02. The summed E-state index contributed by atoms with van der Waals surface area (Å²) in [5, 5.41) is 0.860. The maximum atomic E-state index is 5.68. The fourth-order valence-corrected chi connectivity index (χ4v) is 3.69. The highest BCUT2D eigenvalue weighted by atomic mass is 79.9. The zero-order chi connectivity index (χ0) is 11.4. The summed E-state index contributed by atoms with van der Waals surface area (Å²) in [4.78, 5) is 0.306. The van der Waals surface area contributed by atoms with E-state index >= 15 is 0 Å². The molecule has 0 saturated heterocycles. The predicted molar refractivity (Wildman–Crippen MR) is 81.5 cm³/mol. The summed E-state index contributed by atoms with van der Waals surface area (Å²) >= 11 is 17.2. The summed E-state index contributed by atoms with van der Waals surface area (Å²) in [6.45, 7) is 0.615. The van der Waals surface area contributed by atoms with Crippen LogP contribution in [0.5, 0.6) is 5.75 Å². The quantitative estimate of drug-likeness (QED) is 0.467. The first-order valence-corrected chi connectivity index (χ1v) is 8.43. The molecule has 84 valence electrons. The van der Waals surface area contributed by atoms with Gasteiger partial charge in [0.1, 0.15) is 12.4 Å². The molecule has 0 unspecified atom stereocenters. The summed E-state index contributed by atoms with van der Waals surface area (Å²) in [6, 6.07) is 3.91. The molecule has 6 heteroatoms. The monoisotopic (exact) mass is 526 g/mol. The van der Waals surface area contributed by atoms with Crippen molar-refractivity contribution in [2.45, 2.75) is 4.83 Å². The fourth-order valence-electron chi connectivity index (χ4n) is 0.885. The van der Waals surface area contributed by atoms with Gasteiger partial charge in [-0.2, -0.15) is 0 Å². The molecule has 0 aromatic heterocycles. The molecular weight excluding hydrogens is 524 g/mol. The van der Waals surface area contributed by atoms with E-state index in [4.69, 9.17) is 4.74 Å². The van der Waals surface area contributed by atoms with E-state index in [-0.39, 0.29) is 0 Å². The molecule has 1 aromatic carbocycles. The minimum atomic E-state index is 0.306. The average molecular weight is 531 g/mol.